The van der Waals surface area contributed by atoms with Crippen molar-refractivity contribution in [3.8, 4) is 0 Å². The predicted molar refractivity (Wildman–Crippen MR) is 366 cm³/mol. The van der Waals surface area contributed by atoms with E-state index in [1.807, 2.05) is 6.08 Å². The molecule has 0 aliphatic heterocycles. The molecular weight excluding hydrogens is 1020 g/mol. The highest BCUT2D eigenvalue weighted by atomic mass is 16.5. The molecule has 6 heteroatoms. The number of unbranched alkanes of at least 4 members (excludes halogenated alkanes) is 59. The average Bonchev–Trinajstić information content (AvgIpc) is 3.49. The Labute approximate surface area is 520 Å². The molecule has 2 unspecified atom stereocenters. The lowest BCUT2D eigenvalue weighted by atomic mass is 10.0. The molecule has 0 bridgehead atoms. The summed E-state index contributed by atoms with van der Waals surface area (Å²) in [4.78, 5) is 24.6. The first kappa shape index (κ1) is 81.3. The molecule has 1 amide bonds. The van der Waals surface area contributed by atoms with E-state index in [4.69, 9.17) is 4.74 Å². The van der Waals surface area contributed by atoms with Crippen LogP contribution in [0, 0.1) is 0 Å². The molecule has 0 fully saturated rings. The summed E-state index contributed by atoms with van der Waals surface area (Å²) in [6.07, 6.45) is 92.8. The molecule has 492 valence electrons. The summed E-state index contributed by atoms with van der Waals surface area (Å²) in [7, 11) is 0. The molecule has 0 aliphatic carbocycles. The summed E-state index contributed by atoms with van der Waals surface area (Å²) in [5.74, 6) is -0.0404. The molecule has 0 radical (unpaired) electrons. The number of allylic oxidation sites excluding steroid dienone is 3. The Kier molecular flexibility index (Phi) is 71.4. The highest BCUT2D eigenvalue weighted by Gasteiger charge is 2.18. The van der Waals surface area contributed by atoms with Gasteiger partial charge in [0.25, 0.3) is 0 Å². The van der Waals surface area contributed by atoms with E-state index in [1.54, 1.807) is 6.08 Å². The minimum Gasteiger partial charge on any atom is -0.466 e. The third-order valence-electron chi connectivity index (χ3n) is 18.0. The van der Waals surface area contributed by atoms with E-state index in [-0.39, 0.29) is 18.5 Å². The third kappa shape index (κ3) is 69.3. The Hall–Kier alpha value is -1.66. The Morgan fingerprint density at radius 3 is 0.855 bits per heavy atom. The van der Waals surface area contributed by atoms with E-state index >= 15 is 0 Å². The van der Waals surface area contributed by atoms with Gasteiger partial charge >= 0.3 is 5.97 Å². The molecule has 3 N–H and O–H groups in total. The number of hydrogen-bond donors (Lipinski definition) is 3. The summed E-state index contributed by atoms with van der Waals surface area (Å²) in [5.41, 5.74) is 0. The zero-order valence-electron chi connectivity index (χ0n) is 56.5. The number of aliphatic hydroxyl groups excluding tert-OH is 2. The highest BCUT2D eigenvalue weighted by Crippen LogP contribution is 2.19. The second-order valence-electron chi connectivity index (χ2n) is 26.3. The second-order valence-corrected chi connectivity index (χ2v) is 26.3. The topological polar surface area (TPSA) is 95.9 Å². The largest absolute Gasteiger partial charge is 0.466 e. The van der Waals surface area contributed by atoms with Crippen molar-refractivity contribution < 1.29 is 24.5 Å². The van der Waals surface area contributed by atoms with E-state index in [9.17, 15) is 19.8 Å². The fraction of sp³-hybridized carbons (Fsp3) is 0.922. The molecule has 0 saturated heterocycles. The number of rotatable bonds is 72. The lowest BCUT2D eigenvalue weighted by molar-refractivity contribution is -0.143. The molecule has 0 aromatic carbocycles. The standard InChI is InChI=1S/C77H149NO5/c1-3-5-7-9-11-13-15-17-19-21-34-39-43-47-51-55-59-63-67-71-77(82)83-72-68-64-60-56-52-48-44-40-36-33-31-29-27-25-23-22-24-26-28-30-32-35-38-42-46-50-54-58-62-66-70-76(81)78-74(73-79)75(80)69-65-61-57-53-49-45-41-37-20-18-16-14-12-10-8-6-4-2/h23,25,65,69,74-75,79-80H,3-22,24,26-64,66-68,70-73H2,1-2H3,(H,78,81)/b25-23-,69-65+. The SMILES string of the molecule is CCCCCCCCCCCCCCCCC/C=C/C(O)C(CO)NC(=O)CCCCCCCCCCCCCCCC/C=C\CCCCCCCCCCCCCCOC(=O)CCCCCCCCCCCCCCCCCCCCC. The number of aliphatic hydroxyl groups is 2. The van der Waals surface area contributed by atoms with Crippen LogP contribution in [-0.2, 0) is 14.3 Å². The smallest absolute Gasteiger partial charge is 0.305 e. The van der Waals surface area contributed by atoms with Crippen molar-refractivity contribution in [1.29, 1.82) is 0 Å². The monoisotopic (exact) mass is 1170 g/mol. The van der Waals surface area contributed by atoms with Gasteiger partial charge in [-0.3, -0.25) is 9.59 Å². The molecule has 83 heavy (non-hydrogen) atoms. The van der Waals surface area contributed by atoms with Gasteiger partial charge in [0.1, 0.15) is 0 Å². The predicted octanol–water partition coefficient (Wildman–Crippen LogP) is 24.9. The maximum atomic E-state index is 12.5. The number of amides is 1. The number of nitrogens with one attached hydrogen (secondary N) is 1. The van der Waals surface area contributed by atoms with Gasteiger partial charge in [-0.1, -0.05) is 385 Å². The number of esters is 1. The van der Waals surface area contributed by atoms with Crippen LogP contribution in [0.1, 0.15) is 431 Å². The van der Waals surface area contributed by atoms with Gasteiger partial charge in [-0.2, -0.15) is 0 Å². The summed E-state index contributed by atoms with van der Waals surface area (Å²) < 4.78 is 5.52. The molecule has 0 rings (SSSR count). The molecule has 2 atom stereocenters. The second kappa shape index (κ2) is 72.8. The molecular formula is C77H149NO5. The first-order valence-electron chi connectivity index (χ1n) is 38.1. The zero-order valence-corrected chi connectivity index (χ0v) is 56.5. The van der Waals surface area contributed by atoms with Crippen LogP contribution >= 0.6 is 0 Å². The molecule has 6 nitrogen and oxygen atoms in total. The average molecular weight is 1170 g/mol. The van der Waals surface area contributed by atoms with Gasteiger partial charge in [-0.25, -0.2) is 0 Å². The third-order valence-corrected chi connectivity index (χ3v) is 18.0. The lowest BCUT2D eigenvalue weighted by Crippen LogP contribution is -2.45. The van der Waals surface area contributed by atoms with Crippen LogP contribution in [0.15, 0.2) is 24.3 Å². The van der Waals surface area contributed by atoms with Crippen molar-refractivity contribution in [1.82, 2.24) is 5.32 Å². The van der Waals surface area contributed by atoms with Gasteiger partial charge in [0, 0.05) is 12.8 Å². The van der Waals surface area contributed by atoms with E-state index in [1.165, 1.54) is 366 Å². The van der Waals surface area contributed by atoms with Crippen molar-refractivity contribution in [2.75, 3.05) is 13.2 Å². The van der Waals surface area contributed by atoms with Crippen LogP contribution in [0.3, 0.4) is 0 Å². The molecule has 0 aromatic heterocycles. The van der Waals surface area contributed by atoms with E-state index in [0.29, 0.717) is 19.4 Å². The van der Waals surface area contributed by atoms with Crippen LogP contribution < -0.4 is 5.32 Å². The van der Waals surface area contributed by atoms with Gasteiger partial charge in [-0.05, 0) is 57.8 Å². The van der Waals surface area contributed by atoms with Crippen molar-refractivity contribution >= 4 is 11.9 Å². The van der Waals surface area contributed by atoms with Crippen LogP contribution in [0.4, 0.5) is 0 Å². The molecule has 0 aromatic rings. The summed E-state index contributed by atoms with van der Waals surface area (Å²) in [5, 5.41) is 23.2. The summed E-state index contributed by atoms with van der Waals surface area (Å²) in [6.45, 7) is 4.95. The van der Waals surface area contributed by atoms with Crippen LogP contribution in [-0.4, -0.2) is 47.4 Å². The molecule has 0 spiro atoms. The molecule has 0 heterocycles. The zero-order chi connectivity index (χ0) is 59.9. The van der Waals surface area contributed by atoms with Crippen LogP contribution in [0.2, 0.25) is 0 Å². The Morgan fingerprint density at radius 2 is 0.566 bits per heavy atom. The number of carbonyl (C=O) groups is 2. The number of carbonyl (C=O) groups excluding carboxylic acids is 2. The summed E-state index contributed by atoms with van der Waals surface area (Å²) in [6, 6.07) is -0.627. The maximum Gasteiger partial charge on any atom is 0.305 e. The van der Waals surface area contributed by atoms with Gasteiger partial charge < -0.3 is 20.3 Å². The van der Waals surface area contributed by atoms with Crippen LogP contribution in [0.5, 0.6) is 0 Å². The van der Waals surface area contributed by atoms with Gasteiger partial charge in [0.2, 0.25) is 5.91 Å². The van der Waals surface area contributed by atoms with Gasteiger partial charge in [0.15, 0.2) is 0 Å². The molecule has 0 aliphatic rings. The molecule has 0 saturated carbocycles. The first-order chi connectivity index (χ1) is 41.0. The van der Waals surface area contributed by atoms with Gasteiger partial charge in [-0.15, -0.1) is 0 Å². The minimum atomic E-state index is -0.844. The first-order valence-corrected chi connectivity index (χ1v) is 38.1. The van der Waals surface area contributed by atoms with E-state index < -0.39 is 12.1 Å². The maximum absolute atomic E-state index is 12.5. The number of hydrogen-bond acceptors (Lipinski definition) is 5. The lowest BCUT2D eigenvalue weighted by Gasteiger charge is -2.20. The van der Waals surface area contributed by atoms with Gasteiger partial charge in [0.05, 0.1) is 25.4 Å². The van der Waals surface area contributed by atoms with Crippen molar-refractivity contribution in [2.24, 2.45) is 0 Å². The van der Waals surface area contributed by atoms with Crippen molar-refractivity contribution in [3.05, 3.63) is 24.3 Å². The summed E-state index contributed by atoms with van der Waals surface area (Å²) >= 11 is 0. The van der Waals surface area contributed by atoms with Crippen molar-refractivity contribution in [3.63, 3.8) is 0 Å². The van der Waals surface area contributed by atoms with Crippen LogP contribution in [0.25, 0.3) is 0 Å². The quantitative estimate of drug-likeness (QED) is 0.0320. The Bertz CT molecular complexity index is 1300. The van der Waals surface area contributed by atoms with Crippen molar-refractivity contribution in [2.45, 2.75) is 443 Å². The fourth-order valence-electron chi connectivity index (χ4n) is 12.2. The Balaban J connectivity index is 3.36. The van der Waals surface area contributed by atoms with E-state index in [2.05, 4.69) is 31.3 Å². The number of ether oxygens (including phenoxy) is 1. The minimum absolute atomic E-state index is 0.0225. The fourth-order valence-corrected chi connectivity index (χ4v) is 12.2. The Morgan fingerprint density at radius 1 is 0.325 bits per heavy atom. The van der Waals surface area contributed by atoms with E-state index in [0.717, 1.165) is 38.5 Å². The highest BCUT2D eigenvalue weighted by molar-refractivity contribution is 5.76. The normalized spacial score (nSPS) is 12.6.